The zero-order valence-electron chi connectivity index (χ0n) is 13.1. The van der Waals surface area contributed by atoms with Crippen LogP contribution < -0.4 is 5.32 Å². The highest BCUT2D eigenvalue weighted by Crippen LogP contribution is 2.23. The monoisotopic (exact) mass is 328 g/mol. The third-order valence-corrected chi connectivity index (χ3v) is 5.19. The first-order chi connectivity index (χ1) is 11.1. The van der Waals surface area contributed by atoms with Crippen LogP contribution in [-0.4, -0.2) is 23.3 Å². The molecule has 5 heteroatoms. The smallest absolute Gasteiger partial charge is 0.225 e. The van der Waals surface area contributed by atoms with Gasteiger partial charge in [-0.1, -0.05) is 36.4 Å². The van der Waals surface area contributed by atoms with E-state index in [1.54, 1.807) is 16.2 Å². The van der Waals surface area contributed by atoms with Crippen molar-refractivity contribution in [3.05, 3.63) is 58.3 Å². The van der Waals surface area contributed by atoms with E-state index >= 15 is 0 Å². The molecule has 0 saturated carbocycles. The van der Waals surface area contributed by atoms with Gasteiger partial charge < -0.3 is 10.2 Å². The molecule has 0 aliphatic carbocycles. The van der Waals surface area contributed by atoms with Gasteiger partial charge in [-0.05, 0) is 23.9 Å². The SMILES string of the molecule is CC(NC(=O)C1CC(=O)N(Cc2ccccc2)C1)c1cccs1. The van der Waals surface area contributed by atoms with E-state index in [0.29, 0.717) is 19.5 Å². The molecule has 1 aliphatic heterocycles. The zero-order chi connectivity index (χ0) is 16.2. The Kier molecular flexibility index (Phi) is 4.76. The first kappa shape index (κ1) is 15.7. The Balaban J connectivity index is 1.57. The topological polar surface area (TPSA) is 49.4 Å². The highest BCUT2D eigenvalue weighted by atomic mass is 32.1. The summed E-state index contributed by atoms with van der Waals surface area (Å²) < 4.78 is 0. The highest BCUT2D eigenvalue weighted by Gasteiger charge is 2.34. The lowest BCUT2D eigenvalue weighted by Crippen LogP contribution is -2.34. The Labute approximate surface area is 140 Å². The van der Waals surface area contributed by atoms with Gasteiger partial charge in [-0.2, -0.15) is 0 Å². The third kappa shape index (κ3) is 3.79. The standard InChI is InChI=1S/C18H20N2O2S/c1-13(16-8-5-9-23-16)19-18(22)15-10-17(21)20(12-15)11-14-6-3-2-4-7-14/h2-9,13,15H,10-12H2,1H3,(H,19,22). The van der Waals surface area contributed by atoms with Crippen LogP contribution in [0.1, 0.15) is 29.8 Å². The molecule has 0 spiro atoms. The van der Waals surface area contributed by atoms with Gasteiger partial charge in [-0.25, -0.2) is 0 Å². The van der Waals surface area contributed by atoms with Crippen LogP contribution in [0.25, 0.3) is 0 Å². The second-order valence-corrected chi connectivity index (χ2v) is 6.89. The Hall–Kier alpha value is -2.14. The lowest BCUT2D eigenvalue weighted by Gasteiger charge is -2.18. The number of thiophene rings is 1. The van der Waals surface area contributed by atoms with Crippen molar-refractivity contribution >= 4 is 23.2 Å². The summed E-state index contributed by atoms with van der Waals surface area (Å²) in [5.74, 6) is -0.235. The Bertz CT molecular complexity index is 670. The largest absolute Gasteiger partial charge is 0.348 e. The second-order valence-electron chi connectivity index (χ2n) is 5.91. The van der Waals surface area contributed by atoms with Gasteiger partial charge in [0.2, 0.25) is 11.8 Å². The summed E-state index contributed by atoms with van der Waals surface area (Å²) in [6.07, 6.45) is 0.301. The van der Waals surface area contributed by atoms with Crippen molar-refractivity contribution in [1.29, 1.82) is 0 Å². The summed E-state index contributed by atoms with van der Waals surface area (Å²) in [4.78, 5) is 27.5. The maximum atomic E-state index is 12.4. The molecule has 1 saturated heterocycles. The van der Waals surface area contributed by atoms with Crippen molar-refractivity contribution in [2.75, 3.05) is 6.54 Å². The van der Waals surface area contributed by atoms with E-state index < -0.39 is 0 Å². The van der Waals surface area contributed by atoms with Gasteiger partial charge in [0.1, 0.15) is 0 Å². The number of nitrogens with one attached hydrogen (secondary N) is 1. The first-order valence-electron chi connectivity index (χ1n) is 7.79. The van der Waals surface area contributed by atoms with Crippen LogP contribution in [0.3, 0.4) is 0 Å². The number of amides is 2. The molecule has 0 bridgehead atoms. The number of hydrogen-bond acceptors (Lipinski definition) is 3. The molecule has 2 unspecified atom stereocenters. The summed E-state index contributed by atoms with van der Waals surface area (Å²) in [5.41, 5.74) is 1.09. The first-order valence-corrected chi connectivity index (χ1v) is 8.67. The summed E-state index contributed by atoms with van der Waals surface area (Å²) in [6, 6.07) is 13.9. The number of carbonyl (C=O) groups excluding carboxylic acids is 2. The van der Waals surface area contributed by atoms with Gasteiger partial charge in [-0.3, -0.25) is 9.59 Å². The lowest BCUT2D eigenvalue weighted by atomic mass is 10.1. The normalized spacial score (nSPS) is 18.9. The number of rotatable bonds is 5. The molecule has 1 aromatic heterocycles. The summed E-state index contributed by atoms with van der Waals surface area (Å²) in [7, 11) is 0. The molecule has 2 amide bonds. The molecule has 23 heavy (non-hydrogen) atoms. The van der Waals surface area contributed by atoms with Gasteiger partial charge in [-0.15, -0.1) is 11.3 Å². The molecule has 1 fully saturated rings. The molecular formula is C18H20N2O2S. The predicted octanol–water partition coefficient (Wildman–Crippen LogP) is 2.97. The van der Waals surface area contributed by atoms with Crippen molar-refractivity contribution in [3.8, 4) is 0 Å². The predicted molar refractivity (Wildman–Crippen MR) is 90.8 cm³/mol. The minimum atomic E-state index is -0.256. The van der Waals surface area contributed by atoms with Crippen LogP contribution in [0.5, 0.6) is 0 Å². The van der Waals surface area contributed by atoms with Crippen LogP contribution in [0.4, 0.5) is 0 Å². The van der Waals surface area contributed by atoms with E-state index in [4.69, 9.17) is 0 Å². The molecule has 1 aromatic carbocycles. The van der Waals surface area contributed by atoms with Crippen LogP contribution in [0.15, 0.2) is 47.8 Å². The minimum absolute atomic E-state index is 0.0132. The second kappa shape index (κ2) is 6.96. The Morgan fingerprint density at radius 1 is 1.30 bits per heavy atom. The third-order valence-electron chi connectivity index (χ3n) is 4.13. The number of benzene rings is 1. The Morgan fingerprint density at radius 2 is 2.09 bits per heavy atom. The average Bonchev–Trinajstić information content (AvgIpc) is 3.19. The number of likely N-dealkylation sites (tertiary alicyclic amines) is 1. The number of nitrogens with zero attached hydrogens (tertiary/aromatic N) is 1. The molecule has 1 aliphatic rings. The minimum Gasteiger partial charge on any atom is -0.348 e. The van der Waals surface area contributed by atoms with E-state index in [1.807, 2.05) is 54.8 Å². The van der Waals surface area contributed by atoms with E-state index in [-0.39, 0.29) is 23.8 Å². The van der Waals surface area contributed by atoms with E-state index in [1.165, 1.54) is 0 Å². The quantitative estimate of drug-likeness (QED) is 0.917. The fraction of sp³-hybridized carbons (Fsp3) is 0.333. The summed E-state index contributed by atoms with van der Waals surface area (Å²) >= 11 is 1.63. The molecule has 2 aromatic rings. The molecule has 120 valence electrons. The molecule has 1 N–H and O–H groups in total. The molecule has 3 rings (SSSR count). The molecular weight excluding hydrogens is 308 g/mol. The van der Waals surface area contributed by atoms with Gasteiger partial charge in [0.15, 0.2) is 0 Å². The molecule has 0 radical (unpaired) electrons. The highest BCUT2D eigenvalue weighted by molar-refractivity contribution is 7.10. The Morgan fingerprint density at radius 3 is 2.78 bits per heavy atom. The summed E-state index contributed by atoms with van der Waals surface area (Å²) in [6.45, 7) is 3.04. The van der Waals surface area contributed by atoms with Crippen LogP contribution in [0, 0.1) is 5.92 Å². The van der Waals surface area contributed by atoms with Crippen LogP contribution in [0.2, 0.25) is 0 Å². The van der Waals surface area contributed by atoms with E-state index in [0.717, 1.165) is 10.4 Å². The lowest BCUT2D eigenvalue weighted by molar-refractivity contribution is -0.129. The van der Waals surface area contributed by atoms with Crippen molar-refractivity contribution in [3.63, 3.8) is 0 Å². The molecule has 4 nitrogen and oxygen atoms in total. The molecule has 2 heterocycles. The van der Waals surface area contributed by atoms with Gasteiger partial charge in [0, 0.05) is 24.4 Å². The fourth-order valence-electron chi connectivity index (χ4n) is 2.84. The number of hydrogen-bond donors (Lipinski definition) is 1. The van der Waals surface area contributed by atoms with Crippen molar-refractivity contribution < 1.29 is 9.59 Å². The maximum absolute atomic E-state index is 12.4. The van der Waals surface area contributed by atoms with Crippen molar-refractivity contribution in [1.82, 2.24) is 10.2 Å². The zero-order valence-corrected chi connectivity index (χ0v) is 13.9. The van der Waals surface area contributed by atoms with Gasteiger partial charge in [0.05, 0.1) is 12.0 Å². The van der Waals surface area contributed by atoms with Crippen LogP contribution >= 0.6 is 11.3 Å². The van der Waals surface area contributed by atoms with Crippen molar-refractivity contribution in [2.24, 2.45) is 5.92 Å². The van der Waals surface area contributed by atoms with Gasteiger partial charge >= 0.3 is 0 Å². The van der Waals surface area contributed by atoms with Gasteiger partial charge in [0.25, 0.3) is 0 Å². The van der Waals surface area contributed by atoms with Crippen molar-refractivity contribution in [2.45, 2.75) is 25.9 Å². The summed E-state index contributed by atoms with van der Waals surface area (Å²) in [5, 5.41) is 5.02. The maximum Gasteiger partial charge on any atom is 0.225 e. The van der Waals surface area contributed by atoms with E-state index in [9.17, 15) is 9.59 Å². The van der Waals surface area contributed by atoms with E-state index in [2.05, 4.69) is 5.32 Å². The average molecular weight is 328 g/mol. The fourth-order valence-corrected chi connectivity index (χ4v) is 3.58. The number of carbonyl (C=O) groups is 2. The van der Waals surface area contributed by atoms with Crippen LogP contribution in [-0.2, 0) is 16.1 Å². The molecule has 2 atom stereocenters.